The number of likely N-dealkylation sites (tertiary alicyclic amines) is 1. The van der Waals surface area contributed by atoms with Crippen molar-refractivity contribution in [2.75, 3.05) is 18.8 Å². The second-order valence-corrected chi connectivity index (χ2v) is 9.49. The molecule has 12 heteroatoms. The Morgan fingerprint density at radius 2 is 1.90 bits per heavy atom. The number of anilines is 1. The first-order valence-corrected chi connectivity index (χ1v) is 12.4. The van der Waals surface area contributed by atoms with Gasteiger partial charge in [-0.1, -0.05) is 6.07 Å². The summed E-state index contributed by atoms with van der Waals surface area (Å²) in [5, 5.41) is 13.4. The van der Waals surface area contributed by atoms with Crippen LogP contribution < -0.4 is 11.1 Å². The van der Waals surface area contributed by atoms with Crippen LogP contribution in [0.2, 0.25) is 0 Å². The summed E-state index contributed by atoms with van der Waals surface area (Å²) in [5.41, 5.74) is 6.23. The summed E-state index contributed by atoms with van der Waals surface area (Å²) in [6, 6.07) is 9.07. The van der Waals surface area contributed by atoms with Gasteiger partial charge in [-0.2, -0.15) is 4.39 Å². The minimum absolute atomic E-state index is 0.0199. The lowest BCUT2D eigenvalue weighted by molar-refractivity contribution is -0.116. The van der Waals surface area contributed by atoms with Crippen LogP contribution in [0, 0.1) is 11.6 Å². The smallest absolute Gasteiger partial charge is 0.250 e. The molecule has 4 N–H and O–H groups in total. The van der Waals surface area contributed by atoms with Crippen molar-refractivity contribution in [3.63, 3.8) is 0 Å². The molecule has 1 unspecified atom stereocenters. The second kappa shape index (κ2) is 11.1. The number of alkyl halides is 2. The minimum atomic E-state index is -2.75. The van der Waals surface area contributed by atoms with Gasteiger partial charge < -0.3 is 20.6 Å². The number of aromatic nitrogens is 2. The molecule has 1 aliphatic rings. The maximum absolute atomic E-state index is 15.0. The van der Waals surface area contributed by atoms with E-state index in [0.717, 1.165) is 0 Å². The van der Waals surface area contributed by atoms with Gasteiger partial charge in [0.1, 0.15) is 17.8 Å². The molecule has 1 aromatic carbocycles. The molecule has 0 radical (unpaired) electrons. The SMILES string of the molecule is Nc1ccc(/C=C/C(=O)NCc2cc3cc(-c4ccc(C(O)N5CCC(F)(F)CC5)cn4)c(F)c(F)c3o2)cn1. The fourth-order valence-electron chi connectivity index (χ4n) is 4.39. The van der Waals surface area contributed by atoms with Gasteiger partial charge >= 0.3 is 0 Å². The lowest BCUT2D eigenvalue weighted by Gasteiger charge is -2.34. The van der Waals surface area contributed by atoms with E-state index in [2.05, 4.69) is 15.3 Å². The Hall–Kier alpha value is -4.29. The van der Waals surface area contributed by atoms with Crippen LogP contribution in [0.4, 0.5) is 23.4 Å². The molecule has 4 aromatic rings. The molecule has 0 aliphatic carbocycles. The Balaban J connectivity index is 1.28. The van der Waals surface area contributed by atoms with Crippen molar-refractivity contribution in [2.24, 2.45) is 0 Å². The highest BCUT2D eigenvalue weighted by molar-refractivity contribution is 5.91. The van der Waals surface area contributed by atoms with Gasteiger partial charge in [0.25, 0.3) is 5.92 Å². The topological polar surface area (TPSA) is 118 Å². The Morgan fingerprint density at radius 1 is 1.12 bits per heavy atom. The monoisotopic (exact) mass is 555 g/mol. The third-order valence-electron chi connectivity index (χ3n) is 6.65. The van der Waals surface area contributed by atoms with E-state index in [0.29, 0.717) is 16.9 Å². The Labute approximate surface area is 226 Å². The molecule has 1 fully saturated rings. The molecule has 1 amide bonds. The molecule has 1 atom stereocenters. The number of nitrogens with one attached hydrogen (secondary N) is 1. The van der Waals surface area contributed by atoms with Crippen LogP contribution >= 0.6 is 0 Å². The van der Waals surface area contributed by atoms with E-state index in [1.54, 1.807) is 18.2 Å². The molecule has 8 nitrogen and oxygen atoms in total. The van der Waals surface area contributed by atoms with E-state index in [9.17, 15) is 27.5 Å². The average molecular weight is 556 g/mol. The van der Waals surface area contributed by atoms with Gasteiger partial charge in [0.15, 0.2) is 11.4 Å². The molecule has 3 aromatic heterocycles. The number of furan rings is 1. The number of benzene rings is 1. The van der Waals surface area contributed by atoms with Gasteiger partial charge in [-0.25, -0.2) is 18.2 Å². The van der Waals surface area contributed by atoms with Gasteiger partial charge in [-0.05, 0) is 42.0 Å². The van der Waals surface area contributed by atoms with Crippen molar-refractivity contribution in [1.29, 1.82) is 0 Å². The van der Waals surface area contributed by atoms with E-state index >= 15 is 0 Å². The summed E-state index contributed by atoms with van der Waals surface area (Å²) in [6.07, 6.45) is 3.80. The highest BCUT2D eigenvalue weighted by Crippen LogP contribution is 2.34. The summed E-state index contributed by atoms with van der Waals surface area (Å²) in [5.74, 6) is -4.99. The van der Waals surface area contributed by atoms with Gasteiger partial charge in [-0.3, -0.25) is 14.7 Å². The average Bonchev–Trinajstić information content (AvgIpc) is 3.36. The number of nitrogens with zero attached hydrogens (tertiary/aromatic N) is 3. The predicted octanol–water partition coefficient (Wildman–Crippen LogP) is 4.80. The lowest BCUT2D eigenvalue weighted by atomic mass is 10.0. The molecule has 5 rings (SSSR count). The van der Waals surface area contributed by atoms with E-state index in [1.165, 1.54) is 47.6 Å². The number of pyridine rings is 2. The Morgan fingerprint density at radius 3 is 2.58 bits per heavy atom. The molecule has 0 bridgehead atoms. The largest absolute Gasteiger partial charge is 0.456 e. The normalized spacial score (nSPS) is 16.4. The van der Waals surface area contributed by atoms with Crippen molar-refractivity contribution in [1.82, 2.24) is 20.2 Å². The first-order chi connectivity index (χ1) is 19.1. The Bertz CT molecular complexity index is 1550. The molecule has 1 saturated heterocycles. The van der Waals surface area contributed by atoms with Gasteiger partial charge in [0.05, 0.1) is 12.2 Å². The van der Waals surface area contributed by atoms with Crippen LogP contribution in [-0.2, 0) is 11.3 Å². The summed E-state index contributed by atoms with van der Waals surface area (Å²) in [4.78, 5) is 21.8. The first-order valence-electron chi connectivity index (χ1n) is 12.4. The molecule has 1 aliphatic heterocycles. The number of aliphatic hydroxyl groups excluding tert-OH is 1. The highest BCUT2D eigenvalue weighted by atomic mass is 19.3. The summed E-state index contributed by atoms with van der Waals surface area (Å²) < 4.78 is 62.1. The predicted molar refractivity (Wildman–Crippen MR) is 140 cm³/mol. The second-order valence-electron chi connectivity index (χ2n) is 9.49. The molecule has 0 saturated carbocycles. The van der Waals surface area contributed by atoms with Crippen molar-refractivity contribution < 1.29 is 31.9 Å². The summed E-state index contributed by atoms with van der Waals surface area (Å²) in [7, 11) is 0. The number of nitrogens with two attached hydrogens (primary N) is 1. The fraction of sp³-hybridized carbons (Fsp3) is 0.250. The quantitative estimate of drug-likeness (QED) is 0.222. The minimum Gasteiger partial charge on any atom is -0.456 e. The third-order valence-corrected chi connectivity index (χ3v) is 6.65. The van der Waals surface area contributed by atoms with Crippen LogP contribution in [-0.4, -0.2) is 44.9 Å². The number of nitrogen functional groups attached to an aromatic ring is 1. The standard InChI is InChI=1S/C28H25F4N5O3/c29-24-20(21-4-3-17(14-34-21)27(39)37-9-7-28(31,32)8-10-37)12-18-11-19(40-26(18)25(24)30)15-36-23(38)6-2-16-1-5-22(33)35-13-16/h1-6,11-14,27,39H,7-10,15H2,(H2,33,35)(H,36,38)/b6-2+. The summed E-state index contributed by atoms with van der Waals surface area (Å²) in [6.45, 7) is -0.0282. The van der Waals surface area contributed by atoms with Crippen LogP contribution in [0.3, 0.4) is 0 Å². The zero-order valence-corrected chi connectivity index (χ0v) is 21.1. The zero-order valence-electron chi connectivity index (χ0n) is 21.1. The fourth-order valence-corrected chi connectivity index (χ4v) is 4.39. The zero-order chi connectivity index (χ0) is 28.4. The number of aliphatic hydroxyl groups is 1. The molecule has 208 valence electrons. The van der Waals surface area contributed by atoms with Crippen molar-refractivity contribution >= 4 is 28.8 Å². The van der Waals surface area contributed by atoms with Gasteiger partial charge in [0, 0.05) is 60.9 Å². The van der Waals surface area contributed by atoms with Crippen molar-refractivity contribution in [3.05, 3.63) is 83.4 Å². The van der Waals surface area contributed by atoms with Crippen LogP contribution in [0.25, 0.3) is 28.3 Å². The number of hydrogen-bond donors (Lipinski definition) is 3. The molecule has 0 spiro atoms. The third kappa shape index (κ3) is 5.97. The molecule has 40 heavy (non-hydrogen) atoms. The summed E-state index contributed by atoms with van der Waals surface area (Å²) >= 11 is 0. The maximum atomic E-state index is 15.0. The number of hydrogen-bond acceptors (Lipinski definition) is 7. The molecular weight excluding hydrogens is 530 g/mol. The maximum Gasteiger partial charge on any atom is 0.250 e. The number of carbonyl (C=O) groups excluding carboxylic acids is 1. The number of piperidine rings is 1. The van der Waals surface area contributed by atoms with Gasteiger partial charge in [-0.15, -0.1) is 0 Å². The van der Waals surface area contributed by atoms with Crippen LogP contribution in [0.5, 0.6) is 0 Å². The van der Waals surface area contributed by atoms with E-state index < -0.39 is 29.7 Å². The number of carbonyl (C=O) groups is 1. The number of amides is 1. The lowest BCUT2D eigenvalue weighted by Crippen LogP contribution is -2.41. The highest BCUT2D eigenvalue weighted by Gasteiger charge is 2.36. The van der Waals surface area contributed by atoms with E-state index in [4.69, 9.17) is 10.2 Å². The Kier molecular flexibility index (Phi) is 7.55. The number of halogens is 4. The number of fused-ring (bicyclic) bond motifs is 1. The van der Waals surface area contributed by atoms with Crippen LogP contribution in [0.1, 0.15) is 36.0 Å². The van der Waals surface area contributed by atoms with E-state index in [1.807, 2.05) is 0 Å². The number of rotatable bonds is 7. The molecular formula is C28H25F4N5O3. The van der Waals surface area contributed by atoms with Crippen LogP contribution in [0.15, 0.2) is 59.3 Å². The van der Waals surface area contributed by atoms with Gasteiger partial charge in [0.2, 0.25) is 11.7 Å². The first kappa shape index (κ1) is 27.3. The van der Waals surface area contributed by atoms with Crippen molar-refractivity contribution in [2.45, 2.75) is 31.5 Å². The van der Waals surface area contributed by atoms with Crippen molar-refractivity contribution in [3.8, 4) is 11.3 Å². The van der Waals surface area contributed by atoms with E-state index in [-0.39, 0.29) is 60.5 Å². The molecule has 4 heterocycles.